The second-order valence-electron chi connectivity index (χ2n) is 7.51. The van der Waals surface area contributed by atoms with E-state index < -0.39 is 11.6 Å². The number of anilines is 1. The summed E-state index contributed by atoms with van der Waals surface area (Å²) in [5.74, 6) is -0.410. The van der Waals surface area contributed by atoms with Crippen LogP contribution in [0.5, 0.6) is 0 Å². The van der Waals surface area contributed by atoms with Gasteiger partial charge in [-0.2, -0.15) is 5.10 Å². The van der Waals surface area contributed by atoms with E-state index in [9.17, 15) is 8.78 Å². The van der Waals surface area contributed by atoms with Gasteiger partial charge in [0.1, 0.15) is 24.3 Å². The molecule has 170 valence electrons. The van der Waals surface area contributed by atoms with E-state index in [1.165, 1.54) is 18.5 Å². The van der Waals surface area contributed by atoms with Crippen LogP contribution in [-0.2, 0) is 13.1 Å². The lowest BCUT2D eigenvalue weighted by Crippen LogP contribution is -2.44. The number of rotatable bonds is 6. The first-order valence-corrected chi connectivity index (χ1v) is 10.2. The molecule has 4 rings (SSSR count). The van der Waals surface area contributed by atoms with E-state index in [2.05, 4.69) is 43.9 Å². The molecular formula is C22H26F2IN7. The maximum absolute atomic E-state index is 14.1. The standard InChI is InChI=1S/C22H25F2N7.HI/c1-25-22(27-11-16-3-2-4-17(9-16)12-31-15-26-14-28-31)29-19-7-8-30(13-19)21-6-5-18(23)10-20(21)24;/h2-6,9-10,14-15,19H,7-8,11-13H2,1H3,(H2,25,27,29);1H. The van der Waals surface area contributed by atoms with Gasteiger partial charge in [0.05, 0.1) is 12.2 Å². The monoisotopic (exact) mass is 553 g/mol. The molecule has 0 spiro atoms. The zero-order valence-electron chi connectivity index (χ0n) is 17.7. The Bertz CT molecular complexity index is 1040. The van der Waals surface area contributed by atoms with Crippen molar-refractivity contribution < 1.29 is 8.78 Å². The quantitative estimate of drug-likeness (QED) is 0.279. The third kappa shape index (κ3) is 6.15. The van der Waals surface area contributed by atoms with Crippen molar-refractivity contribution in [1.29, 1.82) is 0 Å². The number of aliphatic imine (C=N–C) groups is 1. The summed E-state index contributed by atoms with van der Waals surface area (Å²) in [6.45, 7) is 2.60. The van der Waals surface area contributed by atoms with Crippen molar-refractivity contribution in [2.45, 2.75) is 25.6 Å². The summed E-state index contributed by atoms with van der Waals surface area (Å²) in [6.07, 6.45) is 4.06. The lowest BCUT2D eigenvalue weighted by atomic mass is 10.1. The van der Waals surface area contributed by atoms with Gasteiger partial charge < -0.3 is 15.5 Å². The second kappa shape index (κ2) is 11.2. The van der Waals surface area contributed by atoms with Crippen molar-refractivity contribution in [2.24, 2.45) is 4.99 Å². The molecule has 0 aliphatic carbocycles. The van der Waals surface area contributed by atoms with Crippen molar-refractivity contribution in [3.63, 3.8) is 0 Å². The number of benzene rings is 2. The number of nitrogens with one attached hydrogen (secondary N) is 2. The van der Waals surface area contributed by atoms with Crippen molar-refractivity contribution in [3.05, 3.63) is 77.9 Å². The Morgan fingerprint density at radius 3 is 2.78 bits per heavy atom. The normalized spacial score (nSPS) is 16.0. The average molecular weight is 553 g/mol. The highest BCUT2D eigenvalue weighted by atomic mass is 127. The molecule has 7 nitrogen and oxygen atoms in total. The van der Waals surface area contributed by atoms with E-state index in [1.807, 2.05) is 11.0 Å². The minimum atomic E-state index is -0.565. The Morgan fingerprint density at radius 2 is 2.03 bits per heavy atom. The van der Waals surface area contributed by atoms with E-state index in [0.717, 1.165) is 23.6 Å². The first-order valence-electron chi connectivity index (χ1n) is 10.2. The van der Waals surface area contributed by atoms with Gasteiger partial charge >= 0.3 is 0 Å². The van der Waals surface area contributed by atoms with Gasteiger partial charge in [-0.05, 0) is 29.7 Å². The van der Waals surface area contributed by atoms with Crippen LogP contribution < -0.4 is 15.5 Å². The molecule has 2 heterocycles. The van der Waals surface area contributed by atoms with Crippen LogP contribution in [0.4, 0.5) is 14.5 Å². The van der Waals surface area contributed by atoms with Crippen LogP contribution in [0.3, 0.4) is 0 Å². The molecule has 0 amide bonds. The molecule has 1 saturated heterocycles. The van der Waals surface area contributed by atoms with Gasteiger partial charge in [0.2, 0.25) is 0 Å². The third-order valence-corrected chi connectivity index (χ3v) is 5.27. The lowest BCUT2D eigenvalue weighted by molar-refractivity contribution is 0.580. The van der Waals surface area contributed by atoms with Gasteiger partial charge in [0.25, 0.3) is 0 Å². The molecular weight excluding hydrogens is 527 g/mol. The molecule has 2 aromatic carbocycles. The molecule has 1 atom stereocenters. The Balaban J connectivity index is 0.00000289. The highest BCUT2D eigenvalue weighted by molar-refractivity contribution is 14.0. The summed E-state index contributed by atoms with van der Waals surface area (Å²) in [5, 5.41) is 10.9. The fourth-order valence-electron chi connectivity index (χ4n) is 3.75. The van der Waals surface area contributed by atoms with Gasteiger partial charge in [-0.25, -0.2) is 18.4 Å². The van der Waals surface area contributed by atoms with Gasteiger partial charge in [0, 0.05) is 38.8 Å². The van der Waals surface area contributed by atoms with Crippen LogP contribution in [0.25, 0.3) is 0 Å². The van der Waals surface area contributed by atoms with E-state index in [1.54, 1.807) is 18.1 Å². The van der Waals surface area contributed by atoms with Crippen molar-refractivity contribution in [3.8, 4) is 0 Å². The van der Waals surface area contributed by atoms with E-state index in [0.29, 0.717) is 37.8 Å². The summed E-state index contributed by atoms with van der Waals surface area (Å²) >= 11 is 0. The van der Waals surface area contributed by atoms with Crippen molar-refractivity contribution in [2.75, 3.05) is 25.0 Å². The number of aromatic nitrogens is 3. The molecule has 1 unspecified atom stereocenters. The predicted molar refractivity (Wildman–Crippen MR) is 131 cm³/mol. The Labute approximate surface area is 203 Å². The van der Waals surface area contributed by atoms with E-state index in [-0.39, 0.29) is 30.0 Å². The molecule has 32 heavy (non-hydrogen) atoms. The second-order valence-corrected chi connectivity index (χ2v) is 7.51. The van der Waals surface area contributed by atoms with Gasteiger partial charge in [0.15, 0.2) is 5.96 Å². The Morgan fingerprint density at radius 1 is 1.19 bits per heavy atom. The largest absolute Gasteiger partial charge is 0.367 e. The minimum Gasteiger partial charge on any atom is -0.367 e. The molecule has 0 saturated carbocycles. The Kier molecular flexibility index (Phi) is 8.37. The summed E-state index contributed by atoms with van der Waals surface area (Å²) in [7, 11) is 1.73. The number of hydrogen-bond donors (Lipinski definition) is 2. The van der Waals surface area contributed by atoms with Gasteiger partial charge in [-0.15, -0.1) is 24.0 Å². The number of guanidine groups is 1. The van der Waals surface area contributed by atoms with Crippen molar-refractivity contribution >= 4 is 35.6 Å². The first-order chi connectivity index (χ1) is 15.1. The highest BCUT2D eigenvalue weighted by Crippen LogP contribution is 2.24. The van der Waals surface area contributed by atoms with Gasteiger partial charge in [-0.1, -0.05) is 24.3 Å². The van der Waals surface area contributed by atoms with Crippen LogP contribution >= 0.6 is 24.0 Å². The Hall–Kier alpha value is -2.76. The number of nitrogens with zero attached hydrogens (tertiary/aromatic N) is 5. The number of hydrogen-bond acceptors (Lipinski definition) is 4. The van der Waals surface area contributed by atoms with Crippen LogP contribution in [-0.4, -0.2) is 46.9 Å². The van der Waals surface area contributed by atoms with E-state index in [4.69, 9.17) is 0 Å². The van der Waals surface area contributed by atoms with Crippen LogP contribution in [0.15, 0.2) is 60.1 Å². The maximum Gasteiger partial charge on any atom is 0.191 e. The number of halogens is 3. The van der Waals surface area contributed by atoms with Crippen LogP contribution in [0.2, 0.25) is 0 Å². The molecule has 1 aliphatic heterocycles. The van der Waals surface area contributed by atoms with Gasteiger partial charge in [-0.3, -0.25) is 4.99 Å². The molecule has 1 aromatic heterocycles. The minimum absolute atomic E-state index is 0. The molecule has 2 N–H and O–H groups in total. The smallest absolute Gasteiger partial charge is 0.191 e. The fraction of sp³-hybridized carbons (Fsp3) is 0.318. The molecule has 10 heteroatoms. The topological polar surface area (TPSA) is 70.4 Å². The summed E-state index contributed by atoms with van der Waals surface area (Å²) < 4.78 is 29.0. The summed E-state index contributed by atoms with van der Waals surface area (Å²) in [5.41, 5.74) is 2.69. The molecule has 1 fully saturated rings. The predicted octanol–water partition coefficient (Wildman–Crippen LogP) is 3.17. The van der Waals surface area contributed by atoms with E-state index >= 15 is 0 Å². The average Bonchev–Trinajstić information content (AvgIpc) is 3.43. The lowest BCUT2D eigenvalue weighted by Gasteiger charge is -2.21. The van der Waals surface area contributed by atoms with Crippen LogP contribution in [0, 0.1) is 11.6 Å². The maximum atomic E-state index is 14.1. The van der Waals surface area contributed by atoms with Crippen molar-refractivity contribution in [1.82, 2.24) is 25.4 Å². The zero-order chi connectivity index (χ0) is 21.6. The summed E-state index contributed by atoms with van der Waals surface area (Å²) in [6, 6.07) is 12.1. The zero-order valence-corrected chi connectivity index (χ0v) is 20.0. The third-order valence-electron chi connectivity index (χ3n) is 5.27. The molecule has 0 bridgehead atoms. The first kappa shape index (κ1) is 23.9. The molecule has 1 aliphatic rings. The SMILES string of the molecule is CN=C(NCc1cccc(Cn2cncn2)c1)NC1CCN(c2ccc(F)cc2F)C1.I. The fourth-order valence-corrected chi connectivity index (χ4v) is 3.75. The highest BCUT2D eigenvalue weighted by Gasteiger charge is 2.25. The molecule has 3 aromatic rings. The summed E-state index contributed by atoms with van der Waals surface area (Å²) in [4.78, 5) is 10.2. The molecule has 0 radical (unpaired) electrons. The van der Waals surface area contributed by atoms with Crippen LogP contribution in [0.1, 0.15) is 17.5 Å².